The number of rotatable bonds is 5. The van der Waals surface area contributed by atoms with E-state index in [4.69, 9.17) is 15.5 Å². The van der Waals surface area contributed by atoms with Crippen molar-refractivity contribution in [3.05, 3.63) is 76.0 Å². The zero-order chi connectivity index (χ0) is 22.9. The molecule has 162 valence electrons. The van der Waals surface area contributed by atoms with Crippen LogP contribution in [0.5, 0.6) is 5.75 Å². The molecule has 32 heavy (non-hydrogen) atoms. The smallest absolute Gasteiger partial charge is 0.239 e. The third-order valence-electron chi connectivity index (χ3n) is 5.78. The van der Waals surface area contributed by atoms with Crippen molar-refractivity contribution < 1.29 is 9.53 Å². The number of thiophene rings is 1. The van der Waals surface area contributed by atoms with Crippen LogP contribution in [0.1, 0.15) is 35.8 Å². The Bertz CT molecular complexity index is 1230. The number of carbonyl (C=O) groups excluding carboxylic acids is 1. The average molecular weight is 445 g/mol. The highest BCUT2D eigenvalue weighted by Crippen LogP contribution is 2.47. The van der Waals surface area contributed by atoms with E-state index >= 15 is 0 Å². The Morgan fingerprint density at radius 2 is 1.97 bits per heavy atom. The van der Waals surface area contributed by atoms with Crippen LogP contribution in [0.15, 0.2) is 65.0 Å². The van der Waals surface area contributed by atoms with Crippen molar-refractivity contribution in [3.8, 4) is 22.9 Å². The van der Waals surface area contributed by atoms with Gasteiger partial charge in [-0.15, -0.1) is 11.3 Å². The molecule has 7 heteroatoms. The maximum absolute atomic E-state index is 13.4. The Labute approximate surface area is 191 Å². The van der Waals surface area contributed by atoms with Crippen LogP contribution in [-0.4, -0.2) is 30.4 Å². The van der Waals surface area contributed by atoms with E-state index in [-0.39, 0.29) is 11.9 Å². The van der Waals surface area contributed by atoms with Crippen molar-refractivity contribution in [3.63, 3.8) is 0 Å². The highest BCUT2D eigenvalue weighted by atomic mass is 32.1. The van der Waals surface area contributed by atoms with Crippen molar-refractivity contribution >= 4 is 23.2 Å². The SMILES string of the molecule is CCOc1ccc([C@H]2C(=O)N(C)C(N)=N[C@]2(C)c2cc(-c3cccc(C#N)c3)cs2)cc1. The molecule has 0 saturated heterocycles. The highest BCUT2D eigenvalue weighted by Gasteiger charge is 2.48. The number of guanidine groups is 1. The Hall–Kier alpha value is -3.63. The number of nitrogens with zero attached hydrogens (tertiary/aromatic N) is 3. The van der Waals surface area contributed by atoms with Crippen LogP contribution in [0.2, 0.25) is 0 Å². The molecule has 0 radical (unpaired) electrons. The molecule has 1 amide bonds. The van der Waals surface area contributed by atoms with Crippen LogP contribution >= 0.6 is 11.3 Å². The summed E-state index contributed by atoms with van der Waals surface area (Å²) in [6.07, 6.45) is 0. The number of hydrogen-bond donors (Lipinski definition) is 1. The molecular weight excluding hydrogens is 420 g/mol. The second-order valence-electron chi connectivity index (χ2n) is 7.84. The standard InChI is InChI=1S/C25H24N4O2S/c1-4-31-20-10-8-17(9-11-20)22-23(30)29(3)24(27)28-25(22,2)21-13-19(15-32-21)18-7-5-6-16(12-18)14-26/h5-13,15,22H,4H2,1-3H3,(H2,27,28)/t22-,25+/m0/s1. The van der Waals surface area contributed by atoms with Gasteiger partial charge in [0.25, 0.3) is 0 Å². The number of carbonyl (C=O) groups is 1. The molecule has 1 aliphatic heterocycles. The minimum Gasteiger partial charge on any atom is -0.494 e. The van der Waals surface area contributed by atoms with E-state index in [2.05, 4.69) is 6.07 Å². The molecule has 2 N–H and O–H groups in total. The van der Waals surface area contributed by atoms with Crippen LogP contribution < -0.4 is 10.5 Å². The first kappa shape index (κ1) is 21.6. The highest BCUT2D eigenvalue weighted by molar-refractivity contribution is 7.10. The van der Waals surface area contributed by atoms with Gasteiger partial charge >= 0.3 is 0 Å². The minimum atomic E-state index is -0.865. The summed E-state index contributed by atoms with van der Waals surface area (Å²) in [5, 5.41) is 11.3. The lowest BCUT2D eigenvalue weighted by Gasteiger charge is -2.40. The molecule has 2 aromatic carbocycles. The maximum Gasteiger partial charge on any atom is 0.239 e. The zero-order valence-electron chi connectivity index (χ0n) is 18.2. The van der Waals surface area contributed by atoms with E-state index in [1.54, 1.807) is 13.1 Å². The number of ether oxygens (including phenoxy) is 1. The molecule has 0 aliphatic carbocycles. The van der Waals surface area contributed by atoms with Gasteiger partial charge in [-0.25, -0.2) is 4.99 Å². The number of amides is 1. The van der Waals surface area contributed by atoms with E-state index in [1.807, 2.05) is 67.8 Å². The van der Waals surface area contributed by atoms with Crippen LogP contribution in [0.4, 0.5) is 0 Å². The maximum atomic E-state index is 13.4. The van der Waals surface area contributed by atoms with Gasteiger partial charge in [-0.1, -0.05) is 24.3 Å². The van der Waals surface area contributed by atoms with Crippen LogP contribution in [-0.2, 0) is 10.3 Å². The fraction of sp³-hybridized carbons (Fsp3) is 0.240. The lowest BCUT2D eigenvalue weighted by Crippen LogP contribution is -2.52. The van der Waals surface area contributed by atoms with Gasteiger partial charge in [-0.05, 0) is 66.2 Å². The second kappa shape index (κ2) is 8.48. The Morgan fingerprint density at radius 3 is 2.66 bits per heavy atom. The van der Waals surface area contributed by atoms with Gasteiger partial charge in [-0.3, -0.25) is 9.69 Å². The van der Waals surface area contributed by atoms with E-state index in [1.165, 1.54) is 16.2 Å². The van der Waals surface area contributed by atoms with Gasteiger partial charge in [-0.2, -0.15) is 5.26 Å². The largest absolute Gasteiger partial charge is 0.494 e. The van der Waals surface area contributed by atoms with Gasteiger partial charge in [0.1, 0.15) is 11.3 Å². The molecule has 1 aliphatic rings. The van der Waals surface area contributed by atoms with Gasteiger partial charge in [0, 0.05) is 11.9 Å². The van der Waals surface area contributed by atoms with Gasteiger partial charge in [0.15, 0.2) is 5.96 Å². The summed E-state index contributed by atoms with van der Waals surface area (Å²) in [6.45, 7) is 4.46. The molecule has 2 heterocycles. The predicted molar refractivity (Wildman–Crippen MR) is 127 cm³/mol. The molecule has 0 spiro atoms. The fourth-order valence-electron chi connectivity index (χ4n) is 4.03. The zero-order valence-corrected chi connectivity index (χ0v) is 19.0. The van der Waals surface area contributed by atoms with Crippen molar-refractivity contribution in [2.75, 3.05) is 13.7 Å². The summed E-state index contributed by atoms with van der Waals surface area (Å²) in [6, 6.07) is 19.3. The quantitative estimate of drug-likeness (QED) is 0.628. The topological polar surface area (TPSA) is 91.7 Å². The van der Waals surface area contributed by atoms with Gasteiger partial charge in [0.05, 0.1) is 24.2 Å². The van der Waals surface area contributed by atoms with E-state index in [0.29, 0.717) is 12.2 Å². The summed E-state index contributed by atoms with van der Waals surface area (Å²) >= 11 is 1.54. The molecule has 0 bridgehead atoms. The Morgan fingerprint density at radius 1 is 1.22 bits per heavy atom. The molecule has 3 aromatic rings. The van der Waals surface area contributed by atoms with Crippen LogP contribution in [0.25, 0.3) is 11.1 Å². The monoisotopic (exact) mass is 444 g/mol. The van der Waals surface area contributed by atoms with Crippen molar-refractivity contribution in [1.82, 2.24) is 4.90 Å². The van der Waals surface area contributed by atoms with Crippen molar-refractivity contribution in [2.24, 2.45) is 10.7 Å². The number of hydrogen-bond acceptors (Lipinski definition) is 6. The van der Waals surface area contributed by atoms with E-state index in [0.717, 1.165) is 27.3 Å². The molecule has 4 rings (SSSR count). The number of nitrogens with two attached hydrogens (primary N) is 1. The van der Waals surface area contributed by atoms with Crippen LogP contribution in [0.3, 0.4) is 0 Å². The van der Waals surface area contributed by atoms with Gasteiger partial charge in [0.2, 0.25) is 5.91 Å². The molecule has 0 unspecified atom stereocenters. The first-order valence-electron chi connectivity index (χ1n) is 10.3. The van der Waals surface area contributed by atoms with Crippen molar-refractivity contribution in [2.45, 2.75) is 25.3 Å². The summed E-state index contributed by atoms with van der Waals surface area (Å²) in [5.41, 5.74) is 8.66. The molecule has 0 saturated carbocycles. The molecule has 0 fully saturated rings. The van der Waals surface area contributed by atoms with E-state index in [9.17, 15) is 10.1 Å². The summed E-state index contributed by atoms with van der Waals surface area (Å²) in [4.78, 5) is 20.5. The minimum absolute atomic E-state index is 0.106. The molecular formula is C25H24N4O2S. The Kier molecular flexibility index (Phi) is 5.72. The second-order valence-corrected chi connectivity index (χ2v) is 8.75. The Balaban J connectivity index is 1.79. The first-order chi connectivity index (χ1) is 15.4. The lowest BCUT2D eigenvalue weighted by atomic mass is 9.77. The van der Waals surface area contributed by atoms with Crippen LogP contribution in [0, 0.1) is 11.3 Å². The molecule has 2 atom stereocenters. The third-order valence-corrected chi connectivity index (χ3v) is 6.93. The predicted octanol–water partition coefficient (Wildman–Crippen LogP) is 4.47. The average Bonchev–Trinajstić information content (AvgIpc) is 3.30. The van der Waals surface area contributed by atoms with Gasteiger partial charge < -0.3 is 10.5 Å². The molecule has 6 nitrogen and oxygen atoms in total. The summed E-state index contributed by atoms with van der Waals surface area (Å²) < 4.78 is 5.56. The number of likely N-dealkylation sites (N-methyl/N-ethyl adjacent to an activating group) is 1. The molecule has 1 aromatic heterocycles. The summed E-state index contributed by atoms with van der Waals surface area (Å²) in [5.74, 6) is 0.312. The first-order valence-corrected chi connectivity index (χ1v) is 11.2. The van der Waals surface area contributed by atoms with Crippen molar-refractivity contribution in [1.29, 1.82) is 5.26 Å². The summed E-state index contributed by atoms with van der Waals surface area (Å²) in [7, 11) is 1.65. The number of nitriles is 1. The number of aliphatic imine (C=N–C) groups is 1. The third kappa shape index (κ3) is 3.74. The van der Waals surface area contributed by atoms with E-state index < -0.39 is 11.5 Å². The lowest BCUT2D eigenvalue weighted by molar-refractivity contribution is -0.130. The fourth-order valence-corrected chi connectivity index (χ4v) is 5.09. The number of benzene rings is 2. The normalized spacial score (nSPS) is 20.6.